The van der Waals surface area contributed by atoms with E-state index >= 15 is 0 Å². The number of carbonyl (C=O) groups is 2. The lowest BCUT2D eigenvalue weighted by Crippen LogP contribution is -2.13. The first-order valence-electron chi connectivity index (χ1n) is 6.69. The van der Waals surface area contributed by atoms with Crippen LogP contribution in [0, 0.1) is 0 Å². The number of thioether (sulfide) groups is 1. The summed E-state index contributed by atoms with van der Waals surface area (Å²) in [7, 11) is 1.54. The number of carbonyl (C=O) groups excluding carboxylic acids is 2. The molecule has 0 unspecified atom stereocenters. The zero-order valence-corrected chi connectivity index (χ0v) is 13.5. The summed E-state index contributed by atoms with van der Waals surface area (Å²) in [4.78, 5) is 24.6. The first-order chi connectivity index (χ1) is 10.5. The summed E-state index contributed by atoms with van der Waals surface area (Å²) in [5.74, 6) is 0.275. The number of ketones is 1. The summed E-state index contributed by atoms with van der Waals surface area (Å²) in [6.07, 6.45) is 1.96. The van der Waals surface area contributed by atoms with Crippen LogP contribution in [0.15, 0.2) is 47.4 Å². The van der Waals surface area contributed by atoms with E-state index in [0.717, 1.165) is 4.90 Å². The van der Waals surface area contributed by atoms with E-state index < -0.39 is 0 Å². The molecule has 114 valence electrons. The molecular weight excluding hydrogens is 298 g/mol. The van der Waals surface area contributed by atoms with Crippen LogP contribution in [0.1, 0.15) is 27.6 Å². The van der Waals surface area contributed by atoms with Crippen molar-refractivity contribution in [3.05, 3.63) is 53.6 Å². The molecule has 0 aliphatic heterocycles. The maximum absolute atomic E-state index is 12.3. The molecule has 0 aliphatic carbocycles. The van der Waals surface area contributed by atoms with E-state index in [2.05, 4.69) is 5.32 Å². The topological polar surface area (TPSA) is 55.4 Å². The van der Waals surface area contributed by atoms with Crippen molar-refractivity contribution in [1.82, 2.24) is 0 Å². The van der Waals surface area contributed by atoms with Crippen molar-refractivity contribution in [3.63, 3.8) is 0 Å². The zero-order chi connectivity index (χ0) is 16.1. The fourth-order valence-electron chi connectivity index (χ4n) is 1.97. The van der Waals surface area contributed by atoms with Gasteiger partial charge < -0.3 is 10.1 Å². The Morgan fingerprint density at radius 2 is 1.77 bits per heavy atom. The Morgan fingerprint density at radius 3 is 2.32 bits per heavy atom. The van der Waals surface area contributed by atoms with Crippen LogP contribution in [0.3, 0.4) is 0 Å². The molecule has 0 saturated heterocycles. The molecule has 2 rings (SSSR count). The Kier molecular flexibility index (Phi) is 5.22. The predicted molar refractivity (Wildman–Crippen MR) is 89.2 cm³/mol. The minimum Gasteiger partial charge on any atom is -0.496 e. The quantitative estimate of drug-likeness (QED) is 0.672. The van der Waals surface area contributed by atoms with E-state index in [0.29, 0.717) is 22.6 Å². The first-order valence-corrected chi connectivity index (χ1v) is 7.92. The van der Waals surface area contributed by atoms with E-state index in [9.17, 15) is 9.59 Å². The molecule has 1 amide bonds. The molecule has 0 fully saturated rings. The number of ether oxygens (including phenoxy) is 1. The number of benzene rings is 2. The minimum atomic E-state index is -0.250. The zero-order valence-electron chi connectivity index (χ0n) is 12.7. The van der Waals surface area contributed by atoms with Crippen LogP contribution >= 0.6 is 11.8 Å². The highest BCUT2D eigenvalue weighted by Crippen LogP contribution is 2.26. The number of Topliss-reactive ketones (excluding diaryl/α,β-unsaturated/α-hetero) is 1. The van der Waals surface area contributed by atoms with E-state index in [1.807, 2.05) is 18.4 Å². The molecule has 0 radical (unpaired) electrons. The van der Waals surface area contributed by atoms with Gasteiger partial charge in [-0.05, 0) is 55.6 Å². The van der Waals surface area contributed by atoms with E-state index in [-0.39, 0.29) is 11.7 Å². The van der Waals surface area contributed by atoms with E-state index in [1.54, 1.807) is 42.1 Å². The second kappa shape index (κ2) is 7.13. The van der Waals surface area contributed by atoms with Gasteiger partial charge >= 0.3 is 0 Å². The lowest BCUT2D eigenvalue weighted by molar-refractivity contribution is 0.101. The Bertz CT molecular complexity index is 696. The average Bonchev–Trinajstić information content (AvgIpc) is 2.54. The van der Waals surface area contributed by atoms with Gasteiger partial charge in [0.15, 0.2) is 5.78 Å². The molecule has 0 aromatic heterocycles. The van der Waals surface area contributed by atoms with Crippen molar-refractivity contribution in [2.75, 3.05) is 18.7 Å². The molecule has 0 bridgehead atoms. The summed E-state index contributed by atoms with van der Waals surface area (Å²) in [5.41, 5.74) is 1.71. The molecule has 2 aromatic carbocycles. The SMILES string of the molecule is COc1cc(SC)ccc1C(=O)Nc1ccc(C(C)=O)cc1. The van der Waals surface area contributed by atoms with Gasteiger partial charge in [0, 0.05) is 16.1 Å². The maximum Gasteiger partial charge on any atom is 0.259 e. The number of anilines is 1. The second-order valence-corrected chi connectivity index (χ2v) is 5.53. The van der Waals surface area contributed by atoms with Crippen LogP contribution in [0.5, 0.6) is 5.75 Å². The smallest absolute Gasteiger partial charge is 0.259 e. The molecule has 4 nitrogen and oxygen atoms in total. The highest BCUT2D eigenvalue weighted by molar-refractivity contribution is 7.98. The van der Waals surface area contributed by atoms with Crippen molar-refractivity contribution in [2.24, 2.45) is 0 Å². The standard InChI is InChI=1S/C17H17NO3S/c1-11(19)12-4-6-13(7-5-12)18-17(20)15-9-8-14(22-3)10-16(15)21-2/h4-10H,1-3H3,(H,18,20). The molecule has 22 heavy (non-hydrogen) atoms. The van der Waals surface area contributed by atoms with Gasteiger partial charge in [-0.1, -0.05) is 0 Å². The van der Waals surface area contributed by atoms with Gasteiger partial charge in [0.05, 0.1) is 12.7 Å². The van der Waals surface area contributed by atoms with Crippen molar-refractivity contribution < 1.29 is 14.3 Å². The third-order valence-corrected chi connectivity index (χ3v) is 3.93. The molecule has 2 aromatic rings. The molecule has 0 heterocycles. The molecule has 5 heteroatoms. The summed E-state index contributed by atoms with van der Waals surface area (Å²) in [6.45, 7) is 1.51. The molecular formula is C17H17NO3S. The number of nitrogens with one attached hydrogen (secondary N) is 1. The highest BCUT2D eigenvalue weighted by atomic mass is 32.2. The Hall–Kier alpha value is -2.27. The summed E-state index contributed by atoms with van der Waals surface area (Å²) < 4.78 is 5.28. The fourth-order valence-corrected chi connectivity index (χ4v) is 2.40. The van der Waals surface area contributed by atoms with Crippen LogP contribution in [-0.2, 0) is 0 Å². The van der Waals surface area contributed by atoms with Gasteiger partial charge in [0.25, 0.3) is 5.91 Å². The van der Waals surface area contributed by atoms with Crippen LogP contribution in [0.25, 0.3) is 0 Å². The highest BCUT2D eigenvalue weighted by Gasteiger charge is 2.13. The normalized spacial score (nSPS) is 10.1. The maximum atomic E-state index is 12.3. The molecule has 0 spiro atoms. The fraction of sp³-hybridized carbons (Fsp3) is 0.176. The van der Waals surface area contributed by atoms with E-state index in [4.69, 9.17) is 4.74 Å². The van der Waals surface area contributed by atoms with Crippen molar-refractivity contribution in [3.8, 4) is 5.75 Å². The van der Waals surface area contributed by atoms with Gasteiger partial charge in [-0.25, -0.2) is 0 Å². The van der Waals surface area contributed by atoms with Crippen molar-refractivity contribution >= 4 is 29.1 Å². The third-order valence-electron chi connectivity index (χ3n) is 3.20. The summed E-state index contributed by atoms with van der Waals surface area (Å²) in [5, 5.41) is 2.80. The van der Waals surface area contributed by atoms with Gasteiger partial charge in [-0.2, -0.15) is 0 Å². The largest absolute Gasteiger partial charge is 0.496 e. The molecule has 1 N–H and O–H groups in total. The number of hydrogen-bond donors (Lipinski definition) is 1. The van der Waals surface area contributed by atoms with Crippen molar-refractivity contribution in [1.29, 1.82) is 0 Å². The molecule has 0 aliphatic rings. The summed E-state index contributed by atoms with van der Waals surface area (Å²) in [6, 6.07) is 12.2. The second-order valence-electron chi connectivity index (χ2n) is 4.65. The number of hydrogen-bond acceptors (Lipinski definition) is 4. The van der Waals surface area contributed by atoms with Gasteiger partial charge in [0.1, 0.15) is 5.75 Å². The average molecular weight is 315 g/mol. The van der Waals surface area contributed by atoms with Crippen LogP contribution in [0.4, 0.5) is 5.69 Å². The monoisotopic (exact) mass is 315 g/mol. The molecule has 0 saturated carbocycles. The van der Waals surface area contributed by atoms with Gasteiger partial charge in [0.2, 0.25) is 0 Å². The third kappa shape index (κ3) is 3.68. The molecule has 0 atom stereocenters. The minimum absolute atomic E-state index is 0.00722. The Labute approximate surface area is 133 Å². The van der Waals surface area contributed by atoms with E-state index in [1.165, 1.54) is 14.0 Å². The predicted octanol–water partition coefficient (Wildman–Crippen LogP) is 3.87. The van der Waals surface area contributed by atoms with Crippen LogP contribution in [0.2, 0.25) is 0 Å². The van der Waals surface area contributed by atoms with Gasteiger partial charge in [-0.15, -0.1) is 11.8 Å². The number of methoxy groups -OCH3 is 1. The number of amides is 1. The lowest BCUT2D eigenvalue weighted by Gasteiger charge is -2.10. The Balaban J connectivity index is 2.20. The first kappa shape index (κ1) is 16.1. The van der Waals surface area contributed by atoms with Gasteiger partial charge in [-0.3, -0.25) is 9.59 Å². The Morgan fingerprint density at radius 1 is 1.09 bits per heavy atom. The summed E-state index contributed by atoms with van der Waals surface area (Å²) >= 11 is 1.58. The van der Waals surface area contributed by atoms with Crippen LogP contribution < -0.4 is 10.1 Å². The van der Waals surface area contributed by atoms with Crippen molar-refractivity contribution in [2.45, 2.75) is 11.8 Å². The van der Waals surface area contributed by atoms with Crippen LogP contribution in [-0.4, -0.2) is 25.1 Å². The number of rotatable bonds is 5. The lowest BCUT2D eigenvalue weighted by atomic mass is 10.1.